The lowest BCUT2D eigenvalue weighted by atomic mass is 10.1. The standard InChI is InChI=1S/C16H12N2O3/c17-10-11-5-4-8-13(9-11)15(19)18-14(16(20)21)12-6-2-1-3-7-12/h1-9,14H,(H,18,19)(H,20,21)/t14-/m1/s1. The molecule has 2 rings (SSSR count). The van der Waals surface area contributed by atoms with E-state index in [-0.39, 0.29) is 5.56 Å². The number of nitrogens with one attached hydrogen (secondary N) is 1. The van der Waals surface area contributed by atoms with Crippen molar-refractivity contribution in [1.82, 2.24) is 5.32 Å². The first kappa shape index (κ1) is 14.3. The number of hydrogen-bond donors (Lipinski definition) is 2. The molecule has 1 atom stereocenters. The highest BCUT2D eigenvalue weighted by molar-refractivity contribution is 5.97. The summed E-state index contributed by atoms with van der Waals surface area (Å²) in [7, 11) is 0. The predicted octanol–water partition coefficient (Wildman–Crippen LogP) is 2.11. The topological polar surface area (TPSA) is 90.2 Å². The fourth-order valence-corrected chi connectivity index (χ4v) is 1.88. The van der Waals surface area contributed by atoms with E-state index in [1.165, 1.54) is 12.1 Å². The number of benzene rings is 2. The number of rotatable bonds is 4. The molecule has 21 heavy (non-hydrogen) atoms. The lowest BCUT2D eigenvalue weighted by Crippen LogP contribution is -2.33. The van der Waals surface area contributed by atoms with E-state index in [1.54, 1.807) is 42.5 Å². The van der Waals surface area contributed by atoms with Crippen LogP contribution in [0.4, 0.5) is 0 Å². The minimum atomic E-state index is -1.15. The molecule has 0 fully saturated rings. The van der Waals surface area contributed by atoms with Crippen LogP contribution in [0.15, 0.2) is 54.6 Å². The van der Waals surface area contributed by atoms with Crippen molar-refractivity contribution in [3.63, 3.8) is 0 Å². The molecule has 0 spiro atoms. The van der Waals surface area contributed by atoms with Gasteiger partial charge in [0.2, 0.25) is 0 Å². The van der Waals surface area contributed by atoms with Gasteiger partial charge in [-0.1, -0.05) is 36.4 Å². The second-order valence-electron chi connectivity index (χ2n) is 4.35. The van der Waals surface area contributed by atoms with Crippen LogP contribution in [-0.2, 0) is 4.79 Å². The summed E-state index contributed by atoms with van der Waals surface area (Å²) in [5, 5.41) is 20.5. The van der Waals surface area contributed by atoms with Crippen molar-refractivity contribution in [2.24, 2.45) is 0 Å². The van der Waals surface area contributed by atoms with Gasteiger partial charge >= 0.3 is 5.97 Å². The molecule has 0 aliphatic carbocycles. The van der Waals surface area contributed by atoms with E-state index in [0.717, 1.165) is 0 Å². The van der Waals surface area contributed by atoms with Crippen LogP contribution in [0, 0.1) is 11.3 Å². The zero-order valence-electron chi connectivity index (χ0n) is 11.0. The molecule has 104 valence electrons. The predicted molar refractivity (Wildman–Crippen MR) is 75.4 cm³/mol. The van der Waals surface area contributed by atoms with E-state index in [9.17, 15) is 14.7 Å². The second-order valence-corrected chi connectivity index (χ2v) is 4.35. The van der Waals surface area contributed by atoms with Gasteiger partial charge in [0.25, 0.3) is 5.91 Å². The first-order valence-electron chi connectivity index (χ1n) is 6.20. The molecule has 0 heterocycles. The average Bonchev–Trinajstić information content (AvgIpc) is 2.53. The Balaban J connectivity index is 2.23. The molecule has 0 aromatic heterocycles. The van der Waals surface area contributed by atoms with Gasteiger partial charge in [0.15, 0.2) is 6.04 Å². The molecule has 2 aromatic rings. The molecule has 0 unspecified atom stereocenters. The van der Waals surface area contributed by atoms with E-state index < -0.39 is 17.9 Å². The quantitative estimate of drug-likeness (QED) is 0.897. The molecule has 2 aromatic carbocycles. The van der Waals surface area contributed by atoms with Crippen LogP contribution in [-0.4, -0.2) is 17.0 Å². The average molecular weight is 280 g/mol. The van der Waals surface area contributed by atoms with E-state index in [1.807, 2.05) is 6.07 Å². The van der Waals surface area contributed by atoms with E-state index in [2.05, 4.69) is 5.32 Å². The van der Waals surface area contributed by atoms with Gasteiger partial charge < -0.3 is 10.4 Å². The number of carbonyl (C=O) groups excluding carboxylic acids is 1. The molecule has 5 nitrogen and oxygen atoms in total. The largest absolute Gasteiger partial charge is 0.479 e. The second kappa shape index (κ2) is 6.35. The van der Waals surface area contributed by atoms with Crippen LogP contribution in [0.25, 0.3) is 0 Å². The van der Waals surface area contributed by atoms with Crippen LogP contribution < -0.4 is 5.32 Å². The number of carboxylic acid groups (broad SMARTS) is 1. The fourth-order valence-electron chi connectivity index (χ4n) is 1.88. The highest BCUT2D eigenvalue weighted by atomic mass is 16.4. The number of nitriles is 1. The minimum absolute atomic E-state index is 0.247. The molecule has 0 bridgehead atoms. The van der Waals surface area contributed by atoms with Gasteiger partial charge in [-0.05, 0) is 23.8 Å². The maximum Gasteiger partial charge on any atom is 0.330 e. The molecule has 0 radical (unpaired) electrons. The number of carboxylic acids is 1. The summed E-state index contributed by atoms with van der Waals surface area (Å²) in [4.78, 5) is 23.4. The van der Waals surface area contributed by atoms with Crippen molar-refractivity contribution in [3.8, 4) is 6.07 Å². The van der Waals surface area contributed by atoms with Crippen LogP contribution in [0.3, 0.4) is 0 Å². The third kappa shape index (κ3) is 3.45. The van der Waals surface area contributed by atoms with Gasteiger partial charge in [-0.25, -0.2) is 4.79 Å². The molecule has 0 saturated carbocycles. The zero-order chi connectivity index (χ0) is 15.2. The molecule has 2 N–H and O–H groups in total. The Kier molecular flexibility index (Phi) is 4.32. The summed E-state index contributed by atoms with van der Waals surface area (Å²) in [5.41, 5.74) is 1.07. The summed E-state index contributed by atoms with van der Waals surface area (Å²) in [5.74, 6) is -1.69. The Morgan fingerprint density at radius 2 is 1.81 bits per heavy atom. The van der Waals surface area contributed by atoms with Gasteiger partial charge in [0.05, 0.1) is 11.6 Å². The van der Waals surface area contributed by atoms with Gasteiger partial charge in [-0.15, -0.1) is 0 Å². The van der Waals surface area contributed by atoms with Gasteiger partial charge in [-0.2, -0.15) is 5.26 Å². The Labute approximate surface area is 121 Å². The molecule has 1 amide bonds. The summed E-state index contributed by atoms with van der Waals surface area (Å²) in [6, 6.07) is 15.3. The van der Waals surface area contributed by atoms with E-state index in [0.29, 0.717) is 11.1 Å². The lowest BCUT2D eigenvalue weighted by molar-refractivity contribution is -0.139. The highest BCUT2D eigenvalue weighted by Crippen LogP contribution is 2.14. The first-order chi connectivity index (χ1) is 10.1. The van der Waals surface area contributed by atoms with Crippen molar-refractivity contribution in [1.29, 1.82) is 5.26 Å². The molecule has 5 heteroatoms. The first-order valence-corrected chi connectivity index (χ1v) is 6.20. The Hall–Kier alpha value is -3.13. The number of amides is 1. The summed E-state index contributed by atoms with van der Waals surface area (Å²) in [6.07, 6.45) is 0. The normalized spacial score (nSPS) is 11.2. The molecular weight excluding hydrogens is 268 g/mol. The van der Waals surface area contributed by atoms with Gasteiger partial charge in [-0.3, -0.25) is 4.79 Å². The van der Waals surface area contributed by atoms with Crippen LogP contribution in [0.1, 0.15) is 27.5 Å². The summed E-state index contributed by atoms with van der Waals surface area (Å²) < 4.78 is 0. The number of hydrogen-bond acceptors (Lipinski definition) is 3. The molecule has 0 aliphatic heterocycles. The van der Waals surface area contributed by atoms with Crippen LogP contribution in [0.5, 0.6) is 0 Å². The number of aliphatic carboxylic acids is 1. The molecule has 0 aliphatic rings. The van der Waals surface area contributed by atoms with Crippen molar-refractivity contribution in [2.45, 2.75) is 6.04 Å². The highest BCUT2D eigenvalue weighted by Gasteiger charge is 2.22. The summed E-state index contributed by atoms with van der Waals surface area (Å²) >= 11 is 0. The maximum atomic E-state index is 12.1. The third-order valence-corrected chi connectivity index (χ3v) is 2.91. The zero-order valence-corrected chi connectivity index (χ0v) is 11.0. The Morgan fingerprint density at radius 3 is 2.43 bits per heavy atom. The van der Waals surface area contributed by atoms with E-state index >= 15 is 0 Å². The van der Waals surface area contributed by atoms with Crippen molar-refractivity contribution < 1.29 is 14.7 Å². The van der Waals surface area contributed by atoms with Gasteiger partial charge in [0.1, 0.15) is 0 Å². The fraction of sp³-hybridized carbons (Fsp3) is 0.0625. The Morgan fingerprint density at radius 1 is 1.10 bits per heavy atom. The Bertz CT molecular complexity index is 705. The number of carbonyl (C=O) groups is 2. The van der Waals surface area contributed by atoms with Crippen molar-refractivity contribution in [3.05, 3.63) is 71.3 Å². The summed E-state index contributed by atoms with van der Waals surface area (Å²) in [6.45, 7) is 0. The van der Waals surface area contributed by atoms with Crippen LogP contribution in [0.2, 0.25) is 0 Å². The van der Waals surface area contributed by atoms with Crippen molar-refractivity contribution in [2.75, 3.05) is 0 Å². The monoisotopic (exact) mass is 280 g/mol. The minimum Gasteiger partial charge on any atom is -0.479 e. The lowest BCUT2D eigenvalue weighted by Gasteiger charge is -2.15. The SMILES string of the molecule is N#Cc1cccc(C(=O)N[C@@H](C(=O)O)c2ccccc2)c1. The third-order valence-electron chi connectivity index (χ3n) is 2.91. The van der Waals surface area contributed by atoms with Crippen LogP contribution >= 0.6 is 0 Å². The van der Waals surface area contributed by atoms with Crippen molar-refractivity contribution >= 4 is 11.9 Å². The smallest absolute Gasteiger partial charge is 0.330 e. The maximum absolute atomic E-state index is 12.1. The van der Waals surface area contributed by atoms with E-state index in [4.69, 9.17) is 5.26 Å². The van der Waals surface area contributed by atoms with Gasteiger partial charge in [0, 0.05) is 5.56 Å². The molecule has 0 saturated heterocycles. The molecular formula is C16H12N2O3. The number of nitrogens with zero attached hydrogens (tertiary/aromatic N) is 1.